The van der Waals surface area contributed by atoms with Crippen LogP contribution in [0.15, 0.2) is 84.9 Å². The fourth-order valence-corrected chi connectivity index (χ4v) is 4.23. The Morgan fingerprint density at radius 1 is 1.05 bits per heavy atom. The van der Waals surface area contributed by atoms with Crippen LogP contribution in [0.25, 0.3) is 5.69 Å². The summed E-state index contributed by atoms with van der Waals surface area (Å²) < 4.78 is 50.0. The first-order valence-electron chi connectivity index (χ1n) is 13.2. The molecule has 0 fully saturated rings. The van der Waals surface area contributed by atoms with Crippen LogP contribution in [-0.2, 0) is 23.9 Å². The van der Waals surface area contributed by atoms with Gasteiger partial charge in [0.2, 0.25) is 11.8 Å². The van der Waals surface area contributed by atoms with Gasteiger partial charge in [0.1, 0.15) is 11.6 Å². The predicted molar refractivity (Wildman–Crippen MR) is 155 cm³/mol. The van der Waals surface area contributed by atoms with Gasteiger partial charge in [0, 0.05) is 32.6 Å². The summed E-state index contributed by atoms with van der Waals surface area (Å²) in [5, 5.41) is 13.8. The van der Waals surface area contributed by atoms with E-state index in [0.717, 1.165) is 41.0 Å². The predicted octanol–water partition coefficient (Wildman–Crippen LogP) is 5.96. The van der Waals surface area contributed by atoms with Gasteiger partial charge in [-0.3, -0.25) is 14.5 Å². The minimum absolute atomic E-state index is 0. The van der Waals surface area contributed by atoms with Gasteiger partial charge in [-0.15, -0.1) is 0 Å². The summed E-state index contributed by atoms with van der Waals surface area (Å²) in [6, 6.07) is 21.7. The van der Waals surface area contributed by atoms with E-state index in [4.69, 9.17) is 16.1 Å². The van der Waals surface area contributed by atoms with Crippen LogP contribution in [-0.4, -0.2) is 40.1 Å². The molecule has 0 unspecified atom stereocenters. The van der Waals surface area contributed by atoms with Crippen molar-refractivity contribution in [3.05, 3.63) is 113 Å². The number of rotatable bonds is 5. The van der Waals surface area contributed by atoms with Gasteiger partial charge in [-0.1, -0.05) is 42.5 Å². The Kier molecular flexibility index (Phi) is 11.0. The van der Waals surface area contributed by atoms with Crippen molar-refractivity contribution in [1.82, 2.24) is 14.7 Å². The molecule has 2 N–H and O–H groups in total. The van der Waals surface area contributed by atoms with Gasteiger partial charge in [-0.05, 0) is 55.8 Å². The molecule has 1 aliphatic rings. The van der Waals surface area contributed by atoms with Gasteiger partial charge in [0.15, 0.2) is 6.19 Å². The monoisotopic (exact) mass is 596 g/mol. The molecule has 0 spiro atoms. The van der Waals surface area contributed by atoms with Crippen molar-refractivity contribution in [2.24, 2.45) is 5.73 Å². The largest absolute Gasteiger partial charge is 0.416 e. The number of nitrogens with zero attached hydrogens (tertiary/aromatic N) is 5. The minimum Gasteiger partial charge on any atom is -0.366 e. The van der Waals surface area contributed by atoms with E-state index in [-0.39, 0.29) is 18.7 Å². The highest BCUT2D eigenvalue weighted by atomic mass is 19.4. The van der Waals surface area contributed by atoms with Crippen LogP contribution in [0, 0.1) is 17.3 Å². The number of benzene rings is 3. The first-order valence-corrected chi connectivity index (χ1v) is 13.2. The lowest BCUT2D eigenvalue weighted by Crippen LogP contribution is -2.36. The van der Waals surface area contributed by atoms with Crippen molar-refractivity contribution in [2.45, 2.75) is 32.5 Å². The molecule has 0 saturated carbocycles. The first-order chi connectivity index (χ1) is 20.5. The molecule has 0 bridgehead atoms. The number of alkyl halides is 3. The summed E-state index contributed by atoms with van der Waals surface area (Å²) in [5.41, 5.74) is 6.65. The number of fused-ring (bicyclic) bond motifs is 1. The topological polar surface area (TPSA) is 108 Å². The second kappa shape index (κ2) is 14.6. The first kappa shape index (κ1) is 32.3. The number of nitrogens with two attached hydrogens (primary N) is 1. The summed E-state index contributed by atoms with van der Waals surface area (Å²) >= 11 is 0. The highest BCUT2D eigenvalue weighted by Crippen LogP contribution is 2.33. The maximum absolute atomic E-state index is 12.3. The Morgan fingerprint density at radius 2 is 1.67 bits per heavy atom. The van der Waals surface area contributed by atoms with Gasteiger partial charge in [-0.25, -0.2) is 9.07 Å². The molecule has 0 aliphatic carbocycles. The van der Waals surface area contributed by atoms with Crippen molar-refractivity contribution in [1.29, 1.82) is 5.26 Å². The third-order valence-electron chi connectivity index (χ3n) is 6.27. The number of carbonyl (C=O) groups is 2. The number of hydrogen-bond donors (Lipinski definition) is 1. The number of carbonyl (C=O) groups excluding carboxylic acids is 2. The fourth-order valence-electron chi connectivity index (χ4n) is 4.23. The van der Waals surface area contributed by atoms with E-state index < -0.39 is 17.6 Å². The number of hydrogen-bond acceptors (Lipinski definition) is 5. The molecule has 0 radical (unpaired) electrons. The lowest BCUT2D eigenvalue weighted by Gasteiger charge is -2.27. The molecule has 8 nitrogen and oxygen atoms in total. The Labute approximate surface area is 248 Å². The van der Waals surface area contributed by atoms with E-state index in [1.165, 1.54) is 18.2 Å². The summed E-state index contributed by atoms with van der Waals surface area (Å²) in [6.07, 6.45) is -1.17. The zero-order valence-electron chi connectivity index (χ0n) is 23.6. The summed E-state index contributed by atoms with van der Waals surface area (Å²) in [4.78, 5) is 26.1. The number of amides is 2. The van der Waals surface area contributed by atoms with Gasteiger partial charge < -0.3 is 10.6 Å². The Bertz CT molecular complexity index is 1570. The summed E-state index contributed by atoms with van der Waals surface area (Å²) in [7, 11) is 1.74. The number of nitriles is 1. The van der Waals surface area contributed by atoms with Gasteiger partial charge in [-0.2, -0.15) is 23.5 Å². The SMILES string of the molecule is CCN1C(=O)CCc2c(CN(C)C#N)nn(-c3ccccc3)c21.Fc1ccccc1.NC(=O)c1cccc(C(F)(F)F)c1.[HH]. The zero-order chi connectivity index (χ0) is 31.6. The molecule has 2 heterocycles. The third-order valence-corrected chi connectivity index (χ3v) is 6.27. The quantitative estimate of drug-likeness (QED) is 0.174. The average Bonchev–Trinajstić information content (AvgIpc) is 3.36. The Balaban J connectivity index is 0.000000270. The smallest absolute Gasteiger partial charge is 0.366 e. The van der Waals surface area contributed by atoms with E-state index >= 15 is 0 Å². The lowest BCUT2D eigenvalue weighted by atomic mass is 10.0. The third kappa shape index (κ3) is 8.65. The van der Waals surface area contributed by atoms with Crippen LogP contribution >= 0.6 is 0 Å². The van der Waals surface area contributed by atoms with Crippen molar-refractivity contribution >= 4 is 17.6 Å². The van der Waals surface area contributed by atoms with Crippen LogP contribution in [0.4, 0.5) is 23.4 Å². The molecule has 43 heavy (non-hydrogen) atoms. The van der Waals surface area contributed by atoms with Crippen molar-refractivity contribution in [2.75, 3.05) is 18.5 Å². The highest BCUT2D eigenvalue weighted by Gasteiger charge is 2.32. The molecular weight excluding hydrogens is 564 g/mol. The molecule has 4 aromatic rings. The Hall–Kier alpha value is -5.18. The maximum atomic E-state index is 12.3. The van der Waals surface area contributed by atoms with E-state index in [1.807, 2.05) is 41.9 Å². The molecule has 1 aromatic heterocycles. The molecule has 1 aliphatic heterocycles. The molecular formula is C31H32F4N6O2. The van der Waals surface area contributed by atoms with E-state index in [1.54, 1.807) is 35.0 Å². The molecule has 226 valence electrons. The molecule has 3 aromatic carbocycles. The normalized spacial score (nSPS) is 12.1. The van der Waals surface area contributed by atoms with Crippen LogP contribution in [0.1, 0.15) is 42.0 Å². The maximum Gasteiger partial charge on any atom is 0.416 e. The number of primary amides is 1. The zero-order valence-corrected chi connectivity index (χ0v) is 23.6. The van der Waals surface area contributed by atoms with Gasteiger partial charge in [0.25, 0.3) is 0 Å². The van der Waals surface area contributed by atoms with Crippen LogP contribution in [0.2, 0.25) is 0 Å². The van der Waals surface area contributed by atoms with Crippen molar-refractivity contribution in [3.8, 4) is 11.9 Å². The van der Waals surface area contributed by atoms with Crippen LogP contribution in [0.3, 0.4) is 0 Å². The minimum atomic E-state index is -4.44. The molecule has 0 atom stereocenters. The van der Waals surface area contributed by atoms with Crippen LogP contribution < -0.4 is 10.6 Å². The fraction of sp³-hybridized carbons (Fsp3) is 0.226. The van der Waals surface area contributed by atoms with E-state index in [0.29, 0.717) is 25.9 Å². The average molecular weight is 597 g/mol. The van der Waals surface area contributed by atoms with Gasteiger partial charge in [0.05, 0.1) is 23.5 Å². The highest BCUT2D eigenvalue weighted by molar-refractivity contribution is 5.96. The van der Waals surface area contributed by atoms with E-state index in [9.17, 15) is 27.2 Å². The molecule has 0 saturated heterocycles. The second-order valence-electron chi connectivity index (χ2n) is 9.33. The van der Waals surface area contributed by atoms with Crippen molar-refractivity contribution < 1.29 is 28.6 Å². The van der Waals surface area contributed by atoms with Crippen molar-refractivity contribution in [3.63, 3.8) is 0 Å². The summed E-state index contributed by atoms with van der Waals surface area (Å²) in [5.74, 6) is -0.0813. The molecule has 2 amide bonds. The lowest BCUT2D eigenvalue weighted by molar-refractivity contribution is -0.137. The van der Waals surface area contributed by atoms with E-state index in [2.05, 4.69) is 6.19 Å². The molecule has 5 rings (SSSR count). The Morgan fingerprint density at radius 3 is 2.19 bits per heavy atom. The van der Waals surface area contributed by atoms with Gasteiger partial charge >= 0.3 is 6.18 Å². The standard InChI is InChI=1S/C17H19N5O.C8H6F3NO.C6H5F.H2/c1-3-21-16(23)10-9-14-15(11-20(2)12-18)19-22(17(14)21)13-7-5-4-6-8-13;9-8(10,11)6-3-1-2-5(4-6)7(12)13;7-6-4-2-1-3-5-6;/h4-8H,3,9-11H2,1-2H3;1-4H,(H2,12,13);1-5H;1H. The number of para-hydroxylation sites is 1. The van der Waals surface area contributed by atoms with Crippen LogP contribution in [0.5, 0.6) is 0 Å². The second-order valence-corrected chi connectivity index (χ2v) is 9.33. The number of halogens is 4. The summed E-state index contributed by atoms with van der Waals surface area (Å²) in [6.45, 7) is 3.03. The number of aromatic nitrogens is 2. The molecule has 12 heteroatoms. The number of anilines is 1.